The first kappa shape index (κ1) is 11.7. The maximum atomic E-state index is 13.7. The van der Waals surface area contributed by atoms with Crippen molar-refractivity contribution in [2.45, 2.75) is 13.5 Å². The molecule has 0 saturated heterocycles. The summed E-state index contributed by atoms with van der Waals surface area (Å²) in [5, 5.41) is 4.56. The number of halogens is 2. The lowest BCUT2D eigenvalue weighted by Gasteiger charge is -2.08. The third kappa shape index (κ3) is 2.68. The van der Waals surface area contributed by atoms with Crippen LogP contribution in [0.4, 0.5) is 4.39 Å². The molecule has 0 aliphatic carbocycles. The molecule has 1 aromatic carbocycles. The number of aryl methyl sites for hydroxylation is 1. The fourth-order valence-electron chi connectivity index (χ4n) is 1.54. The van der Waals surface area contributed by atoms with Crippen LogP contribution in [0.15, 0.2) is 17.1 Å². The van der Waals surface area contributed by atoms with Gasteiger partial charge in [0.2, 0.25) is 0 Å². The summed E-state index contributed by atoms with van der Waals surface area (Å²) >= 11 is 7.55. The lowest BCUT2D eigenvalue weighted by atomic mass is 10.1. The zero-order valence-corrected chi connectivity index (χ0v) is 10.5. The molecule has 1 aliphatic heterocycles. The zero-order chi connectivity index (χ0) is 11.5. The Balaban J connectivity index is 2.08. The molecule has 0 unspecified atom stereocenters. The van der Waals surface area contributed by atoms with Crippen LogP contribution in [-0.4, -0.2) is 17.5 Å². The Kier molecular flexibility index (Phi) is 3.71. The van der Waals surface area contributed by atoms with E-state index in [1.807, 2.05) is 0 Å². The van der Waals surface area contributed by atoms with Crippen molar-refractivity contribution >= 4 is 28.5 Å². The molecule has 0 amide bonds. The van der Waals surface area contributed by atoms with Crippen molar-refractivity contribution in [1.82, 2.24) is 5.32 Å². The van der Waals surface area contributed by atoms with Crippen LogP contribution in [0.2, 0.25) is 5.02 Å². The molecule has 2 nitrogen and oxygen atoms in total. The molecular formula is C11H12ClFN2S. The number of hydrogen-bond acceptors (Lipinski definition) is 3. The molecule has 0 saturated carbocycles. The van der Waals surface area contributed by atoms with E-state index in [9.17, 15) is 4.39 Å². The summed E-state index contributed by atoms with van der Waals surface area (Å²) in [7, 11) is 0. The van der Waals surface area contributed by atoms with Gasteiger partial charge in [-0.15, -0.1) is 0 Å². The first-order valence-electron chi connectivity index (χ1n) is 5.02. The molecule has 2 rings (SSSR count). The van der Waals surface area contributed by atoms with E-state index in [0.717, 1.165) is 17.5 Å². The minimum absolute atomic E-state index is 0.194. The summed E-state index contributed by atoms with van der Waals surface area (Å²) in [4.78, 5) is 4.24. The third-order valence-corrected chi connectivity index (χ3v) is 3.46. The molecule has 5 heteroatoms. The summed E-state index contributed by atoms with van der Waals surface area (Å²) in [6.07, 6.45) is 0. The Morgan fingerprint density at radius 1 is 1.56 bits per heavy atom. The molecule has 1 N–H and O–H groups in total. The Hall–Kier alpha value is -0.740. The van der Waals surface area contributed by atoms with Gasteiger partial charge in [-0.3, -0.25) is 4.99 Å². The predicted octanol–water partition coefficient (Wildman–Crippen LogP) is 2.98. The van der Waals surface area contributed by atoms with E-state index in [4.69, 9.17) is 11.6 Å². The first-order chi connectivity index (χ1) is 7.66. The Labute approximate surface area is 103 Å². The normalized spacial score (nSPS) is 15.1. The highest BCUT2D eigenvalue weighted by Crippen LogP contribution is 2.19. The summed E-state index contributed by atoms with van der Waals surface area (Å²) in [6.45, 7) is 2.98. The van der Waals surface area contributed by atoms with E-state index < -0.39 is 0 Å². The predicted molar refractivity (Wildman–Crippen MR) is 67.7 cm³/mol. The van der Waals surface area contributed by atoms with Crippen molar-refractivity contribution in [2.24, 2.45) is 4.99 Å². The maximum absolute atomic E-state index is 13.7. The van der Waals surface area contributed by atoms with Gasteiger partial charge in [-0.2, -0.15) is 0 Å². The molecule has 0 spiro atoms. The molecule has 1 aliphatic rings. The average molecular weight is 259 g/mol. The number of rotatable bonds is 2. The summed E-state index contributed by atoms with van der Waals surface area (Å²) in [5.41, 5.74) is 1.16. The number of nitrogens with zero attached hydrogens (tertiary/aromatic N) is 1. The van der Waals surface area contributed by atoms with Crippen molar-refractivity contribution in [3.05, 3.63) is 34.1 Å². The second kappa shape index (κ2) is 5.06. The van der Waals surface area contributed by atoms with Gasteiger partial charge in [0.05, 0.1) is 6.54 Å². The minimum Gasteiger partial charge on any atom is -0.361 e. The van der Waals surface area contributed by atoms with Crippen LogP contribution >= 0.6 is 23.4 Å². The number of nitrogens with one attached hydrogen (secondary N) is 1. The topological polar surface area (TPSA) is 24.4 Å². The van der Waals surface area contributed by atoms with Crippen molar-refractivity contribution in [3.8, 4) is 0 Å². The van der Waals surface area contributed by atoms with Crippen molar-refractivity contribution in [1.29, 1.82) is 0 Å². The van der Waals surface area contributed by atoms with E-state index >= 15 is 0 Å². The van der Waals surface area contributed by atoms with Gasteiger partial charge in [-0.05, 0) is 24.6 Å². The van der Waals surface area contributed by atoms with Crippen LogP contribution in [0.5, 0.6) is 0 Å². The third-order valence-electron chi connectivity index (χ3n) is 2.31. The highest BCUT2D eigenvalue weighted by Gasteiger charge is 2.10. The van der Waals surface area contributed by atoms with Gasteiger partial charge in [0.1, 0.15) is 5.82 Å². The van der Waals surface area contributed by atoms with E-state index in [0.29, 0.717) is 22.7 Å². The molecular weight excluding hydrogens is 247 g/mol. The van der Waals surface area contributed by atoms with Crippen LogP contribution in [0.25, 0.3) is 0 Å². The highest BCUT2D eigenvalue weighted by atomic mass is 35.5. The second-order valence-electron chi connectivity index (χ2n) is 3.58. The number of aliphatic imine (C=N–C) groups is 1. The molecule has 86 valence electrons. The van der Waals surface area contributed by atoms with Gasteiger partial charge < -0.3 is 5.32 Å². The minimum atomic E-state index is -0.194. The quantitative estimate of drug-likeness (QED) is 0.882. The van der Waals surface area contributed by atoms with Crippen molar-refractivity contribution < 1.29 is 4.39 Å². The van der Waals surface area contributed by atoms with Gasteiger partial charge in [-0.25, -0.2) is 4.39 Å². The lowest BCUT2D eigenvalue weighted by molar-refractivity contribution is 0.597. The van der Waals surface area contributed by atoms with E-state index in [2.05, 4.69) is 10.3 Å². The van der Waals surface area contributed by atoms with Gasteiger partial charge in [0, 0.05) is 22.9 Å². The molecule has 0 bridgehead atoms. The summed E-state index contributed by atoms with van der Waals surface area (Å²) in [6, 6.07) is 3.28. The Bertz CT molecular complexity index is 434. The molecule has 16 heavy (non-hydrogen) atoms. The van der Waals surface area contributed by atoms with E-state index in [1.54, 1.807) is 30.8 Å². The molecule has 0 aromatic heterocycles. The van der Waals surface area contributed by atoms with E-state index in [1.165, 1.54) is 0 Å². The molecule has 0 radical (unpaired) electrons. The van der Waals surface area contributed by atoms with Crippen molar-refractivity contribution in [2.75, 3.05) is 12.3 Å². The van der Waals surface area contributed by atoms with Crippen LogP contribution in [0, 0.1) is 12.7 Å². The van der Waals surface area contributed by atoms with Crippen LogP contribution in [0.3, 0.4) is 0 Å². The SMILES string of the molecule is Cc1cc(Cl)cc(CNC2=NCCS2)c1F. The van der Waals surface area contributed by atoms with Crippen LogP contribution < -0.4 is 5.32 Å². The van der Waals surface area contributed by atoms with E-state index in [-0.39, 0.29) is 5.82 Å². The molecule has 1 heterocycles. The average Bonchev–Trinajstić information content (AvgIpc) is 2.74. The standard InChI is InChI=1S/C11H12ClFN2S/c1-7-4-9(12)5-8(10(7)13)6-15-11-14-2-3-16-11/h4-5H,2-3,6H2,1H3,(H,14,15). The molecule has 0 fully saturated rings. The summed E-state index contributed by atoms with van der Waals surface area (Å²) < 4.78 is 13.7. The summed E-state index contributed by atoms with van der Waals surface area (Å²) in [5.74, 6) is 0.805. The zero-order valence-electron chi connectivity index (χ0n) is 8.89. The van der Waals surface area contributed by atoms with Crippen molar-refractivity contribution in [3.63, 3.8) is 0 Å². The monoisotopic (exact) mass is 258 g/mol. The highest BCUT2D eigenvalue weighted by molar-refractivity contribution is 8.14. The largest absolute Gasteiger partial charge is 0.361 e. The Morgan fingerprint density at radius 2 is 2.38 bits per heavy atom. The van der Waals surface area contributed by atoms with Gasteiger partial charge >= 0.3 is 0 Å². The second-order valence-corrected chi connectivity index (χ2v) is 5.10. The number of benzene rings is 1. The lowest BCUT2D eigenvalue weighted by Crippen LogP contribution is -2.19. The molecule has 0 atom stereocenters. The first-order valence-corrected chi connectivity index (χ1v) is 6.39. The van der Waals surface area contributed by atoms with Gasteiger partial charge in [0.15, 0.2) is 5.17 Å². The fourth-order valence-corrected chi connectivity index (χ4v) is 2.56. The number of hydrogen-bond donors (Lipinski definition) is 1. The Morgan fingerprint density at radius 3 is 3.06 bits per heavy atom. The number of thioether (sulfide) groups is 1. The number of amidine groups is 1. The van der Waals surface area contributed by atoms with Gasteiger partial charge in [0.25, 0.3) is 0 Å². The smallest absolute Gasteiger partial charge is 0.156 e. The van der Waals surface area contributed by atoms with Gasteiger partial charge in [-0.1, -0.05) is 23.4 Å². The molecule has 1 aromatic rings. The van der Waals surface area contributed by atoms with Crippen LogP contribution in [0.1, 0.15) is 11.1 Å². The van der Waals surface area contributed by atoms with Crippen LogP contribution in [-0.2, 0) is 6.54 Å². The maximum Gasteiger partial charge on any atom is 0.156 e. The fraction of sp³-hybridized carbons (Fsp3) is 0.364.